The summed E-state index contributed by atoms with van der Waals surface area (Å²) < 4.78 is 1.91. The van der Waals surface area contributed by atoms with E-state index in [9.17, 15) is 14.9 Å². The zero-order valence-corrected chi connectivity index (χ0v) is 21.3. The first-order valence-corrected chi connectivity index (χ1v) is 12.9. The Balaban J connectivity index is 1.60. The molecule has 0 aliphatic carbocycles. The van der Waals surface area contributed by atoms with Crippen molar-refractivity contribution in [3.63, 3.8) is 0 Å². The molecule has 0 aliphatic heterocycles. The first-order valence-electron chi connectivity index (χ1n) is 10.0. The number of carbonyl (C=O) groups excluding carboxylic acids is 1. The second kappa shape index (κ2) is 12.3. The third-order valence-corrected chi connectivity index (χ3v) is 7.33. The smallest absolute Gasteiger partial charge is 0.271 e. The van der Waals surface area contributed by atoms with Crippen molar-refractivity contribution in [2.45, 2.75) is 30.1 Å². The number of halogens is 2. The van der Waals surface area contributed by atoms with Gasteiger partial charge in [-0.3, -0.25) is 14.9 Å². The van der Waals surface area contributed by atoms with E-state index in [0.717, 1.165) is 22.7 Å². The number of amides is 1. The number of thioether (sulfide) groups is 2. The molecule has 34 heavy (non-hydrogen) atoms. The lowest BCUT2D eigenvalue weighted by Crippen LogP contribution is -2.15. The van der Waals surface area contributed by atoms with E-state index in [0.29, 0.717) is 33.2 Å². The van der Waals surface area contributed by atoms with Crippen LogP contribution in [0, 0.1) is 17.0 Å². The van der Waals surface area contributed by atoms with Gasteiger partial charge in [0.25, 0.3) is 5.69 Å². The van der Waals surface area contributed by atoms with E-state index in [1.54, 1.807) is 36.9 Å². The second-order valence-corrected chi connectivity index (χ2v) is 9.88. The average Bonchev–Trinajstić information content (AvgIpc) is 3.18. The van der Waals surface area contributed by atoms with Gasteiger partial charge in [0.15, 0.2) is 5.16 Å². The van der Waals surface area contributed by atoms with Crippen LogP contribution in [0.2, 0.25) is 10.0 Å². The number of nitro benzene ring substituents is 1. The first kappa shape index (κ1) is 26.1. The lowest BCUT2D eigenvalue weighted by atomic mass is 10.2. The van der Waals surface area contributed by atoms with Crippen LogP contribution in [0.5, 0.6) is 0 Å². The summed E-state index contributed by atoms with van der Waals surface area (Å²) in [6.07, 6.45) is 1.74. The quantitative estimate of drug-likeness (QED) is 0.135. The van der Waals surface area contributed by atoms with Gasteiger partial charge in [0.1, 0.15) is 5.82 Å². The molecule has 1 aromatic heterocycles. The molecule has 0 saturated heterocycles. The SMILES string of the molecule is C=CCn1c(CSCc2ccc(Cl)c(Cl)c2)nnc1SCC(=O)Nc1cc([N+](=O)[O-])ccc1C. The van der Waals surface area contributed by atoms with Crippen molar-refractivity contribution in [1.29, 1.82) is 0 Å². The molecule has 1 heterocycles. The lowest BCUT2D eigenvalue weighted by Gasteiger charge is -2.09. The van der Waals surface area contributed by atoms with Crippen LogP contribution in [0.25, 0.3) is 0 Å². The average molecular weight is 538 g/mol. The zero-order valence-electron chi connectivity index (χ0n) is 18.2. The maximum Gasteiger partial charge on any atom is 0.271 e. The third-order valence-electron chi connectivity index (χ3n) is 4.63. The number of anilines is 1. The van der Waals surface area contributed by atoms with Crippen LogP contribution >= 0.6 is 46.7 Å². The topological polar surface area (TPSA) is 103 Å². The van der Waals surface area contributed by atoms with Crippen LogP contribution in [0.1, 0.15) is 17.0 Å². The highest BCUT2D eigenvalue weighted by Gasteiger charge is 2.15. The van der Waals surface area contributed by atoms with Gasteiger partial charge in [0.05, 0.1) is 32.2 Å². The number of aromatic nitrogens is 3. The minimum absolute atomic E-state index is 0.0772. The fourth-order valence-corrected chi connectivity index (χ4v) is 4.91. The van der Waals surface area contributed by atoms with E-state index in [4.69, 9.17) is 23.2 Å². The number of hydrogen-bond donors (Lipinski definition) is 1. The van der Waals surface area contributed by atoms with Crippen molar-refractivity contribution >= 4 is 64.0 Å². The summed E-state index contributed by atoms with van der Waals surface area (Å²) in [5, 5.41) is 23.9. The predicted molar refractivity (Wildman–Crippen MR) is 139 cm³/mol. The number of carbonyl (C=O) groups is 1. The van der Waals surface area contributed by atoms with Gasteiger partial charge in [0.2, 0.25) is 5.91 Å². The Morgan fingerprint density at radius 1 is 1.21 bits per heavy atom. The van der Waals surface area contributed by atoms with Crippen LogP contribution in [0.3, 0.4) is 0 Å². The zero-order chi connectivity index (χ0) is 24.7. The highest BCUT2D eigenvalue weighted by molar-refractivity contribution is 7.99. The largest absolute Gasteiger partial charge is 0.325 e. The van der Waals surface area contributed by atoms with Gasteiger partial charge < -0.3 is 9.88 Å². The molecule has 3 aromatic rings. The maximum absolute atomic E-state index is 12.5. The molecule has 3 rings (SSSR count). The Kier molecular flexibility index (Phi) is 9.40. The highest BCUT2D eigenvalue weighted by atomic mass is 35.5. The summed E-state index contributed by atoms with van der Waals surface area (Å²) >= 11 is 14.9. The third kappa shape index (κ3) is 6.99. The minimum Gasteiger partial charge on any atom is -0.325 e. The fraction of sp³-hybridized carbons (Fsp3) is 0.227. The number of aryl methyl sites for hydroxylation is 1. The van der Waals surface area contributed by atoms with E-state index in [1.165, 1.54) is 23.9 Å². The highest BCUT2D eigenvalue weighted by Crippen LogP contribution is 2.27. The van der Waals surface area contributed by atoms with E-state index >= 15 is 0 Å². The molecule has 0 unspecified atom stereocenters. The van der Waals surface area contributed by atoms with Crippen molar-refractivity contribution in [2.24, 2.45) is 0 Å². The molecule has 0 aliphatic rings. The van der Waals surface area contributed by atoms with Gasteiger partial charge in [0, 0.05) is 24.4 Å². The maximum atomic E-state index is 12.5. The molecule has 0 spiro atoms. The van der Waals surface area contributed by atoms with Gasteiger partial charge in [-0.2, -0.15) is 0 Å². The number of hydrogen-bond acceptors (Lipinski definition) is 7. The molecule has 0 radical (unpaired) electrons. The van der Waals surface area contributed by atoms with Gasteiger partial charge in [-0.05, 0) is 30.2 Å². The number of non-ortho nitro benzene ring substituents is 1. The van der Waals surface area contributed by atoms with Crippen molar-refractivity contribution in [3.05, 3.63) is 86.2 Å². The molecule has 1 amide bonds. The number of nitro groups is 1. The van der Waals surface area contributed by atoms with Gasteiger partial charge in [-0.1, -0.05) is 53.2 Å². The fourth-order valence-electron chi connectivity index (χ4n) is 2.91. The van der Waals surface area contributed by atoms with Crippen LogP contribution in [0.15, 0.2) is 54.2 Å². The van der Waals surface area contributed by atoms with Crippen LogP contribution < -0.4 is 5.32 Å². The molecule has 0 bridgehead atoms. The molecule has 0 atom stereocenters. The van der Waals surface area contributed by atoms with E-state index in [2.05, 4.69) is 22.1 Å². The second-order valence-electron chi connectivity index (χ2n) is 7.13. The standard InChI is InChI=1S/C22H21Cl2N5O3S2/c1-3-8-28-20(12-33-11-15-5-7-17(23)18(24)9-15)26-27-22(28)34-13-21(30)25-19-10-16(29(31)32)6-4-14(19)2/h3-7,9-10H,1,8,11-13H2,2H3,(H,25,30). The van der Waals surface area contributed by atoms with Crippen molar-refractivity contribution in [2.75, 3.05) is 11.1 Å². The number of allylic oxidation sites excluding steroid dienone is 1. The predicted octanol–water partition coefficient (Wildman–Crippen LogP) is 6.15. The monoisotopic (exact) mass is 537 g/mol. The normalized spacial score (nSPS) is 10.8. The summed E-state index contributed by atoms with van der Waals surface area (Å²) in [5.74, 6) is 1.89. The Hall–Kier alpha value is -2.53. The Morgan fingerprint density at radius 2 is 2.00 bits per heavy atom. The number of benzene rings is 2. The van der Waals surface area contributed by atoms with Crippen molar-refractivity contribution in [3.8, 4) is 0 Å². The van der Waals surface area contributed by atoms with Crippen LogP contribution in [0.4, 0.5) is 11.4 Å². The Bertz CT molecular complexity index is 1220. The molecular weight excluding hydrogens is 517 g/mol. The van der Waals surface area contributed by atoms with Gasteiger partial charge in [-0.15, -0.1) is 28.5 Å². The molecule has 0 fully saturated rings. The lowest BCUT2D eigenvalue weighted by molar-refractivity contribution is -0.384. The summed E-state index contributed by atoms with van der Waals surface area (Å²) in [6.45, 7) is 6.07. The Morgan fingerprint density at radius 3 is 2.71 bits per heavy atom. The molecule has 1 N–H and O–H groups in total. The van der Waals surface area contributed by atoms with Gasteiger partial charge >= 0.3 is 0 Å². The summed E-state index contributed by atoms with van der Waals surface area (Å²) in [4.78, 5) is 23.0. The van der Waals surface area contributed by atoms with Gasteiger partial charge in [-0.25, -0.2) is 0 Å². The number of nitrogens with one attached hydrogen (secondary N) is 1. The molecule has 12 heteroatoms. The number of rotatable bonds is 11. The van der Waals surface area contributed by atoms with Crippen molar-refractivity contribution < 1.29 is 9.72 Å². The molecule has 0 saturated carbocycles. The van der Waals surface area contributed by atoms with E-state index < -0.39 is 4.92 Å². The minimum atomic E-state index is -0.497. The summed E-state index contributed by atoms with van der Waals surface area (Å²) in [7, 11) is 0. The molecule has 8 nitrogen and oxygen atoms in total. The van der Waals surface area contributed by atoms with Crippen LogP contribution in [-0.4, -0.2) is 31.3 Å². The summed E-state index contributed by atoms with van der Waals surface area (Å²) in [6, 6.07) is 9.89. The van der Waals surface area contributed by atoms with Crippen LogP contribution in [-0.2, 0) is 22.8 Å². The van der Waals surface area contributed by atoms with E-state index in [1.807, 2.05) is 16.7 Å². The molecule has 2 aromatic carbocycles. The van der Waals surface area contributed by atoms with E-state index in [-0.39, 0.29) is 17.3 Å². The number of nitrogens with zero attached hydrogens (tertiary/aromatic N) is 4. The van der Waals surface area contributed by atoms with Crippen molar-refractivity contribution in [1.82, 2.24) is 14.8 Å². The Labute approximate surface area is 215 Å². The molecular formula is C22H21Cl2N5O3S2. The first-order chi connectivity index (χ1) is 16.3. The summed E-state index contributed by atoms with van der Waals surface area (Å²) in [5.41, 5.74) is 2.12. The molecule has 178 valence electrons.